The maximum absolute atomic E-state index is 6.14. The van der Waals surface area contributed by atoms with E-state index in [0.29, 0.717) is 5.02 Å². The lowest BCUT2D eigenvalue weighted by Crippen LogP contribution is -2.11. The van der Waals surface area contributed by atoms with E-state index < -0.39 is 0 Å². The third kappa shape index (κ3) is 3.29. The Kier molecular flexibility index (Phi) is 4.40. The lowest BCUT2D eigenvalue weighted by molar-refractivity contribution is 0.350. The molecule has 0 heterocycles. The minimum Gasteiger partial charge on any atom is -0.296 e. The van der Waals surface area contributed by atoms with E-state index in [0.717, 1.165) is 12.1 Å². The second-order valence-corrected chi connectivity index (χ2v) is 5.63. The Morgan fingerprint density at radius 3 is 2.55 bits per heavy atom. The van der Waals surface area contributed by atoms with Crippen LogP contribution in [0.25, 0.3) is 10.8 Å². The first-order valence-corrected chi connectivity index (χ1v) is 7.58. The number of hydrazone groups is 1. The van der Waals surface area contributed by atoms with Crippen LogP contribution in [-0.2, 0) is 6.54 Å². The number of hydrogen-bond acceptors (Lipinski definition) is 2. The van der Waals surface area contributed by atoms with Crippen LogP contribution in [0.4, 0.5) is 0 Å². The summed E-state index contributed by atoms with van der Waals surface area (Å²) < 4.78 is 0. The fourth-order valence-corrected chi connectivity index (χ4v) is 2.64. The molecule has 0 fully saturated rings. The van der Waals surface area contributed by atoms with Crippen molar-refractivity contribution in [2.45, 2.75) is 6.54 Å². The molecule has 3 aromatic rings. The van der Waals surface area contributed by atoms with Crippen molar-refractivity contribution in [2.75, 3.05) is 7.05 Å². The largest absolute Gasteiger partial charge is 0.296 e. The standard InChI is InChI=1S/C19H17ClN2/c1-22(21-13-16-8-3-5-12-19(16)20)14-17-10-6-9-15-7-2-4-11-18(15)17/h2-13H,14H2,1H3/b21-13+. The summed E-state index contributed by atoms with van der Waals surface area (Å²) in [6, 6.07) is 22.5. The van der Waals surface area contributed by atoms with Crippen molar-refractivity contribution in [1.82, 2.24) is 5.01 Å². The molecule has 0 saturated carbocycles. The number of hydrogen-bond donors (Lipinski definition) is 0. The van der Waals surface area contributed by atoms with E-state index >= 15 is 0 Å². The summed E-state index contributed by atoms with van der Waals surface area (Å²) in [5.41, 5.74) is 2.19. The molecule has 0 bridgehead atoms. The highest BCUT2D eigenvalue weighted by atomic mass is 35.5. The molecule has 0 saturated heterocycles. The Bertz CT molecular complexity index is 806. The highest BCUT2D eigenvalue weighted by Crippen LogP contribution is 2.20. The average Bonchev–Trinajstić information content (AvgIpc) is 2.54. The molecular formula is C19H17ClN2. The third-order valence-electron chi connectivity index (χ3n) is 3.58. The lowest BCUT2D eigenvalue weighted by Gasteiger charge is -2.14. The van der Waals surface area contributed by atoms with Gasteiger partial charge < -0.3 is 0 Å². The van der Waals surface area contributed by atoms with Gasteiger partial charge in [-0.2, -0.15) is 5.10 Å². The topological polar surface area (TPSA) is 15.6 Å². The summed E-state index contributed by atoms with van der Waals surface area (Å²) in [4.78, 5) is 0. The fraction of sp³-hybridized carbons (Fsp3) is 0.105. The maximum Gasteiger partial charge on any atom is 0.0613 e. The molecule has 0 amide bonds. The van der Waals surface area contributed by atoms with Gasteiger partial charge in [-0.05, 0) is 22.4 Å². The Morgan fingerprint density at radius 2 is 1.68 bits per heavy atom. The first-order valence-electron chi connectivity index (χ1n) is 7.20. The summed E-state index contributed by atoms with van der Waals surface area (Å²) in [6.07, 6.45) is 1.80. The number of halogens is 1. The molecule has 0 N–H and O–H groups in total. The summed E-state index contributed by atoms with van der Waals surface area (Å²) in [7, 11) is 1.97. The van der Waals surface area contributed by atoms with Crippen LogP contribution < -0.4 is 0 Å². The van der Waals surface area contributed by atoms with Crippen LogP contribution >= 0.6 is 11.6 Å². The molecule has 0 aliphatic rings. The van der Waals surface area contributed by atoms with Gasteiger partial charge in [0.2, 0.25) is 0 Å². The first kappa shape index (κ1) is 14.6. The second kappa shape index (κ2) is 6.63. The van der Waals surface area contributed by atoms with E-state index in [9.17, 15) is 0 Å². The molecule has 0 aromatic heterocycles. The van der Waals surface area contributed by atoms with Gasteiger partial charge in [-0.3, -0.25) is 5.01 Å². The van der Waals surface area contributed by atoms with Crippen LogP contribution in [0.3, 0.4) is 0 Å². The lowest BCUT2D eigenvalue weighted by atomic mass is 10.0. The summed E-state index contributed by atoms with van der Waals surface area (Å²) in [5.74, 6) is 0. The van der Waals surface area contributed by atoms with Crippen LogP contribution in [0.1, 0.15) is 11.1 Å². The van der Waals surface area contributed by atoms with E-state index in [1.54, 1.807) is 6.21 Å². The van der Waals surface area contributed by atoms with Gasteiger partial charge in [-0.25, -0.2) is 0 Å². The zero-order chi connectivity index (χ0) is 15.4. The molecule has 0 aliphatic carbocycles. The predicted molar refractivity (Wildman–Crippen MR) is 94.5 cm³/mol. The zero-order valence-corrected chi connectivity index (χ0v) is 13.2. The molecule has 0 spiro atoms. The number of nitrogens with zero attached hydrogens (tertiary/aromatic N) is 2. The monoisotopic (exact) mass is 308 g/mol. The number of rotatable bonds is 4. The molecule has 0 aliphatic heterocycles. The zero-order valence-electron chi connectivity index (χ0n) is 12.4. The fourth-order valence-electron chi connectivity index (χ4n) is 2.46. The quantitative estimate of drug-likeness (QED) is 0.491. The third-order valence-corrected chi connectivity index (χ3v) is 3.92. The van der Waals surface area contributed by atoms with Crippen LogP contribution in [-0.4, -0.2) is 18.3 Å². The summed E-state index contributed by atoms with van der Waals surface area (Å²) >= 11 is 6.14. The normalized spacial score (nSPS) is 11.2. The van der Waals surface area contributed by atoms with Crippen LogP contribution in [0.5, 0.6) is 0 Å². The highest BCUT2D eigenvalue weighted by Gasteiger charge is 2.02. The van der Waals surface area contributed by atoms with Crippen molar-refractivity contribution in [3.05, 3.63) is 82.9 Å². The van der Waals surface area contributed by atoms with Gasteiger partial charge in [0.25, 0.3) is 0 Å². The van der Waals surface area contributed by atoms with Crippen LogP contribution in [0, 0.1) is 0 Å². The maximum atomic E-state index is 6.14. The van der Waals surface area contributed by atoms with E-state index in [1.165, 1.54) is 16.3 Å². The van der Waals surface area contributed by atoms with Crippen molar-refractivity contribution < 1.29 is 0 Å². The molecule has 0 radical (unpaired) electrons. The Balaban J connectivity index is 1.79. The van der Waals surface area contributed by atoms with Gasteiger partial charge in [0.05, 0.1) is 12.8 Å². The first-order chi connectivity index (χ1) is 10.7. The van der Waals surface area contributed by atoms with Gasteiger partial charge in [0.1, 0.15) is 0 Å². The van der Waals surface area contributed by atoms with Crippen molar-refractivity contribution in [2.24, 2.45) is 5.10 Å². The van der Waals surface area contributed by atoms with Crippen molar-refractivity contribution in [1.29, 1.82) is 0 Å². The smallest absolute Gasteiger partial charge is 0.0613 e. The molecular weight excluding hydrogens is 292 g/mol. The Labute approximate surface area is 135 Å². The summed E-state index contributed by atoms with van der Waals surface area (Å²) in [5, 5.41) is 9.64. The predicted octanol–water partition coefficient (Wildman–Crippen LogP) is 4.96. The summed E-state index contributed by atoms with van der Waals surface area (Å²) in [6.45, 7) is 0.752. The van der Waals surface area contributed by atoms with Gasteiger partial charge in [-0.15, -0.1) is 0 Å². The van der Waals surface area contributed by atoms with Crippen molar-refractivity contribution >= 4 is 28.6 Å². The minimum absolute atomic E-state index is 0.713. The van der Waals surface area contributed by atoms with Gasteiger partial charge in [0, 0.05) is 17.6 Å². The number of benzene rings is 3. The highest BCUT2D eigenvalue weighted by molar-refractivity contribution is 6.33. The minimum atomic E-state index is 0.713. The van der Waals surface area contributed by atoms with Gasteiger partial charge >= 0.3 is 0 Å². The average molecular weight is 309 g/mol. The van der Waals surface area contributed by atoms with Crippen LogP contribution in [0.15, 0.2) is 71.8 Å². The molecule has 3 heteroatoms. The van der Waals surface area contributed by atoms with Crippen molar-refractivity contribution in [3.63, 3.8) is 0 Å². The molecule has 110 valence electrons. The molecule has 3 rings (SSSR count). The van der Waals surface area contributed by atoms with Crippen LogP contribution in [0.2, 0.25) is 5.02 Å². The Morgan fingerprint density at radius 1 is 0.955 bits per heavy atom. The molecule has 2 nitrogen and oxygen atoms in total. The molecule has 3 aromatic carbocycles. The van der Waals surface area contributed by atoms with E-state index in [2.05, 4.69) is 47.6 Å². The molecule has 0 atom stereocenters. The Hall–Kier alpha value is -2.32. The van der Waals surface area contributed by atoms with E-state index in [1.807, 2.05) is 36.3 Å². The van der Waals surface area contributed by atoms with Crippen molar-refractivity contribution in [3.8, 4) is 0 Å². The molecule has 0 unspecified atom stereocenters. The van der Waals surface area contributed by atoms with Gasteiger partial charge in [0.15, 0.2) is 0 Å². The molecule has 22 heavy (non-hydrogen) atoms. The second-order valence-electron chi connectivity index (χ2n) is 5.22. The number of fused-ring (bicyclic) bond motifs is 1. The van der Waals surface area contributed by atoms with Gasteiger partial charge in [-0.1, -0.05) is 72.3 Å². The SMILES string of the molecule is CN(Cc1cccc2ccccc12)/N=C/c1ccccc1Cl. The van der Waals surface area contributed by atoms with E-state index in [4.69, 9.17) is 11.6 Å². The van der Waals surface area contributed by atoms with E-state index in [-0.39, 0.29) is 0 Å².